The van der Waals surface area contributed by atoms with Gasteiger partial charge < -0.3 is 9.88 Å². The molecule has 156 valence electrons. The van der Waals surface area contributed by atoms with E-state index in [1.807, 2.05) is 48.9 Å². The summed E-state index contributed by atoms with van der Waals surface area (Å²) < 4.78 is 1.97. The van der Waals surface area contributed by atoms with Crippen molar-refractivity contribution in [1.29, 1.82) is 0 Å². The summed E-state index contributed by atoms with van der Waals surface area (Å²) in [5.41, 5.74) is 3.13. The van der Waals surface area contributed by atoms with Crippen LogP contribution in [0.4, 0.5) is 0 Å². The van der Waals surface area contributed by atoms with E-state index in [1.54, 1.807) is 11.8 Å². The molecule has 5 nitrogen and oxygen atoms in total. The summed E-state index contributed by atoms with van der Waals surface area (Å²) in [6, 6.07) is 15.7. The Balaban J connectivity index is 1.43. The molecule has 1 aliphatic carbocycles. The maximum atomic E-state index is 13.1. The highest BCUT2D eigenvalue weighted by molar-refractivity contribution is 7.98. The van der Waals surface area contributed by atoms with E-state index in [1.165, 1.54) is 11.1 Å². The average Bonchev–Trinajstić information content (AvgIpc) is 3.46. The summed E-state index contributed by atoms with van der Waals surface area (Å²) >= 11 is 7.65. The van der Waals surface area contributed by atoms with Gasteiger partial charge in [-0.15, -0.1) is 10.2 Å². The Morgan fingerprint density at radius 3 is 2.57 bits per heavy atom. The van der Waals surface area contributed by atoms with Gasteiger partial charge >= 0.3 is 0 Å². The van der Waals surface area contributed by atoms with E-state index in [2.05, 4.69) is 40.6 Å². The molecule has 1 heterocycles. The average molecular weight is 441 g/mol. The first-order chi connectivity index (χ1) is 14.4. The molecular formula is C23H25ClN4OS. The Kier molecular flexibility index (Phi) is 5.89. The van der Waals surface area contributed by atoms with Gasteiger partial charge in [0, 0.05) is 17.8 Å². The SMILES string of the molecule is Cc1ccccc1CSc1nnc(C(C)NC(=O)C2(c3ccc(Cl)cc3)CC2)n1C. The Bertz CT molecular complexity index is 1060. The first-order valence-corrected chi connectivity index (χ1v) is 11.4. The largest absolute Gasteiger partial charge is 0.346 e. The predicted molar refractivity (Wildman–Crippen MR) is 121 cm³/mol. The van der Waals surface area contributed by atoms with Gasteiger partial charge in [0.15, 0.2) is 11.0 Å². The Labute approximate surface area is 186 Å². The minimum absolute atomic E-state index is 0.0365. The number of nitrogens with zero attached hydrogens (tertiary/aromatic N) is 3. The van der Waals surface area contributed by atoms with Crippen molar-refractivity contribution in [2.45, 2.75) is 49.1 Å². The number of benzene rings is 2. The molecule has 1 aromatic heterocycles. The Morgan fingerprint density at radius 2 is 1.90 bits per heavy atom. The van der Waals surface area contributed by atoms with Crippen LogP contribution in [0, 0.1) is 6.92 Å². The molecule has 3 aromatic rings. The number of aromatic nitrogens is 3. The van der Waals surface area contributed by atoms with E-state index in [0.717, 1.165) is 35.1 Å². The van der Waals surface area contributed by atoms with Crippen LogP contribution in [0.5, 0.6) is 0 Å². The van der Waals surface area contributed by atoms with Crippen molar-refractivity contribution < 1.29 is 4.79 Å². The first kappa shape index (κ1) is 20.9. The molecule has 30 heavy (non-hydrogen) atoms. The lowest BCUT2D eigenvalue weighted by Crippen LogP contribution is -2.37. The molecule has 1 aliphatic rings. The van der Waals surface area contributed by atoms with Gasteiger partial charge in [0.1, 0.15) is 0 Å². The minimum atomic E-state index is -0.445. The van der Waals surface area contributed by atoms with Crippen LogP contribution in [0.2, 0.25) is 5.02 Å². The number of carbonyl (C=O) groups is 1. The van der Waals surface area contributed by atoms with E-state index in [0.29, 0.717) is 5.02 Å². The third-order valence-electron chi connectivity index (χ3n) is 5.80. The molecule has 0 bridgehead atoms. The van der Waals surface area contributed by atoms with E-state index in [4.69, 9.17) is 11.6 Å². The van der Waals surface area contributed by atoms with E-state index in [9.17, 15) is 4.79 Å². The fourth-order valence-electron chi connectivity index (χ4n) is 3.68. The molecule has 0 spiro atoms. The Morgan fingerprint density at radius 1 is 1.20 bits per heavy atom. The third-order valence-corrected chi connectivity index (χ3v) is 7.12. The lowest BCUT2D eigenvalue weighted by atomic mass is 9.94. The molecule has 4 rings (SSSR count). The normalized spacial score (nSPS) is 15.6. The lowest BCUT2D eigenvalue weighted by molar-refractivity contribution is -0.124. The van der Waals surface area contributed by atoms with Gasteiger partial charge in [-0.05, 0) is 55.5 Å². The zero-order valence-electron chi connectivity index (χ0n) is 17.4. The highest BCUT2D eigenvalue weighted by atomic mass is 35.5. The molecule has 7 heteroatoms. The van der Waals surface area contributed by atoms with Crippen LogP contribution in [0.15, 0.2) is 53.7 Å². The van der Waals surface area contributed by atoms with Crippen LogP contribution in [-0.2, 0) is 23.0 Å². The lowest BCUT2D eigenvalue weighted by Gasteiger charge is -2.20. The minimum Gasteiger partial charge on any atom is -0.346 e. The van der Waals surface area contributed by atoms with Crippen LogP contribution < -0.4 is 5.32 Å². The number of hydrogen-bond acceptors (Lipinski definition) is 4. The van der Waals surface area contributed by atoms with Gasteiger partial charge in [0.2, 0.25) is 5.91 Å². The summed E-state index contributed by atoms with van der Waals surface area (Å²) in [6.45, 7) is 4.07. The van der Waals surface area contributed by atoms with Crippen molar-refractivity contribution in [3.8, 4) is 0 Å². The summed E-state index contributed by atoms with van der Waals surface area (Å²) in [4.78, 5) is 13.1. The zero-order valence-corrected chi connectivity index (χ0v) is 18.9. The maximum Gasteiger partial charge on any atom is 0.231 e. The maximum absolute atomic E-state index is 13.1. The molecule has 1 fully saturated rings. The van der Waals surface area contributed by atoms with Crippen LogP contribution in [-0.4, -0.2) is 20.7 Å². The molecule has 1 amide bonds. The van der Waals surface area contributed by atoms with Gasteiger partial charge in [0.05, 0.1) is 11.5 Å². The van der Waals surface area contributed by atoms with E-state index < -0.39 is 5.41 Å². The Hall–Kier alpha value is -2.31. The van der Waals surface area contributed by atoms with E-state index >= 15 is 0 Å². The molecule has 1 unspecified atom stereocenters. The molecule has 1 saturated carbocycles. The molecule has 1 N–H and O–H groups in total. The van der Waals surface area contributed by atoms with Crippen LogP contribution in [0.1, 0.15) is 48.3 Å². The van der Waals surface area contributed by atoms with Crippen molar-refractivity contribution in [1.82, 2.24) is 20.1 Å². The number of hydrogen-bond donors (Lipinski definition) is 1. The third kappa shape index (κ3) is 4.12. The quantitative estimate of drug-likeness (QED) is 0.526. The molecule has 0 aliphatic heterocycles. The topological polar surface area (TPSA) is 59.8 Å². The summed E-state index contributed by atoms with van der Waals surface area (Å²) in [5, 5.41) is 13.4. The first-order valence-electron chi connectivity index (χ1n) is 10.0. The van der Waals surface area contributed by atoms with Gasteiger partial charge in [-0.1, -0.05) is 59.8 Å². The van der Waals surface area contributed by atoms with Crippen molar-refractivity contribution in [3.05, 3.63) is 76.1 Å². The summed E-state index contributed by atoms with van der Waals surface area (Å²) in [5.74, 6) is 1.62. The van der Waals surface area contributed by atoms with Crippen molar-refractivity contribution >= 4 is 29.3 Å². The number of thioether (sulfide) groups is 1. The monoisotopic (exact) mass is 440 g/mol. The standard InChI is InChI=1S/C23H25ClN4OS/c1-15-6-4-5-7-17(15)14-30-22-27-26-20(28(22)3)16(2)25-21(29)23(12-13-23)18-8-10-19(24)11-9-18/h4-11,16H,12-14H2,1-3H3,(H,25,29). The second kappa shape index (κ2) is 8.44. The molecule has 1 atom stereocenters. The molecule has 0 saturated heterocycles. The number of amides is 1. The van der Waals surface area contributed by atoms with Crippen LogP contribution >= 0.6 is 23.4 Å². The predicted octanol–water partition coefficient (Wildman–Crippen LogP) is 4.98. The van der Waals surface area contributed by atoms with Crippen LogP contribution in [0.3, 0.4) is 0 Å². The number of halogens is 1. The number of rotatable bonds is 7. The number of aryl methyl sites for hydroxylation is 1. The van der Waals surface area contributed by atoms with Gasteiger partial charge in [-0.25, -0.2) is 0 Å². The molecule has 0 radical (unpaired) electrons. The fraction of sp³-hybridized carbons (Fsp3) is 0.348. The second-order valence-electron chi connectivity index (χ2n) is 7.90. The van der Waals surface area contributed by atoms with Crippen LogP contribution in [0.25, 0.3) is 0 Å². The van der Waals surface area contributed by atoms with Gasteiger partial charge in [0.25, 0.3) is 0 Å². The number of nitrogens with one attached hydrogen (secondary N) is 1. The number of carbonyl (C=O) groups excluding carboxylic acids is 1. The molecule has 2 aromatic carbocycles. The van der Waals surface area contributed by atoms with Crippen molar-refractivity contribution in [2.75, 3.05) is 0 Å². The summed E-state index contributed by atoms with van der Waals surface area (Å²) in [6.07, 6.45) is 1.70. The zero-order chi connectivity index (χ0) is 21.3. The van der Waals surface area contributed by atoms with E-state index in [-0.39, 0.29) is 11.9 Å². The van der Waals surface area contributed by atoms with Gasteiger partial charge in [-0.2, -0.15) is 0 Å². The fourth-order valence-corrected chi connectivity index (χ4v) is 4.80. The highest BCUT2D eigenvalue weighted by Gasteiger charge is 2.51. The summed E-state index contributed by atoms with van der Waals surface area (Å²) in [7, 11) is 1.95. The molecular weight excluding hydrogens is 416 g/mol. The second-order valence-corrected chi connectivity index (χ2v) is 9.28. The van der Waals surface area contributed by atoms with Crippen molar-refractivity contribution in [2.24, 2.45) is 7.05 Å². The van der Waals surface area contributed by atoms with Gasteiger partial charge in [-0.3, -0.25) is 4.79 Å². The highest BCUT2D eigenvalue weighted by Crippen LogP contribution is 2.48. The smallest absolute Gasteiger partial charge is 0.231 e. The van der Waals surface area contributed by atoms with Crippen molar-refractivity contribution in [3.63, 3.8) is 0 Å².